The van der Waals surface area contributed by atoms with Crippen molar-refractivity contribution in [2.24, 2.45) is 5.73 Å². The monoisotopic (exact) mass is 199 g/mol. The van der Waals surface area contributed by atoms with Gasteiger partial charge in [0, 0.05) is 32.1 Å². The molecule has 0 radical (unpaired) electrons. The van der Waals surface area contributed by atoms with Crippen LogP contribution in [0.1, 0.15) is 26.2 Å². The molecule has 1 fully saturated rings. The number of likely N-dealkylation sites (tertiary alicyclic amines) is 1. The third-order valence-electron chi connectivity index (χ3n) is 2.66. The second-order valence-electron chi connectivity index (χ2n) is 3.78. The number of hydrogen-bond acceptors (Lipinski definition) is 3. The van der Waals surface area contributed by atoms with Crippen molar-refractivity contribution in [2.45, 2.75) is 32.2 Å². The zero-order valence-corrected chi connectivity index (χ0v) is 8.96. The second kappa shape index (κ2) is 5.98. The van der Waals surface area contributed by atoms with Crippen LogP contribution in [0.4, 0.5) is 0 Å². The summed E-state index contributed by atoms with van der Waals surface area (Å²) in [5.74, 6) is 0.249. The maximum atomic E-state index is 11.7. The zero-order chi connectivity index (χ0) is 10.4. The highest BCUT2D eigenvalue weighted by molar-refractivity contribution is 5.77. The molecule has 1 heterocycles. The van der Waals surface area contributed by atoms with Crippen LogP contribution in [0.5, 0.6) is 0 Å². The fourth-order valence-corrected chi connectivity index (χ4v) is 1.83. The van der Waals surface area contributed by atoms with E-state index in [9.17, 15) is 4.79 Å². The predicted octanol–water partition coefficient (Wildman–Crippen LogP) is -0.0643. The zero-order valence-electron chi connectivity index (χ0n) is 8.96. The number of rotatable bonds is 5. The van der Waals surface area contributed by atoms with Crippen LogP contribution in [0.3, 0.4) is 0 Å². The molecule has 1 saturated heterocycles. The standard InChI is InChI=1S/C10H21N3O/c1-2-12-9(8-11)7-10(14)13-5-3-4-6-13/h9,12H,2-8,11H2,1H3. The molecule has 1 aliphatic rings. The molecule has 1 atom stereocenters. The van der Waals surface area contributed by atoms with Gasteiger partial charge >= 0.3 is 0 Å². The molecule has 0 spiro atoms. The van der Waals surface area contributed by atoms with E-state index < -0.39 is 0 Å². The summed E-state index contributed by atoms with van der Waals surface area (Å²) < 4.78 is 0. The van der Waals surface area contributed by atoms with Crippen LogP contribution in [-0.4, -0.2) is 43.0 Å². The van der Waals surface area contributed by atoms with Gasteiger partial charge in [0.2, 0.25) is 5.91 Å². The van der Waals surface area contributed by atoms with Crippen LogP contribution < -0.4 is 11.1 Å². The molecule has 1 aliphatic heterocycles. The van der Waals surface area contributed by atoms with Crippen molar-refractivity contribution in [3.63, 3.8) is 0 Å². The summed E-state index contributed by atoms with van der Waals surface area (Å²) >= 11 is 0. The van der Waals surface area contributed by atoms with Crippen LogP contribution in [0, 0.1) is 0 Å². The Morgan fingerprint density at radius 3 is 2.64 bits per heavy atom. The molecule has 3 N–H and O–H groups in total. The lowest BCUT2D eigenvalue weighted by Crippen LogP contribution is -2.41. The summed E-state index contributed by atoms with van der Waals surface area (Å²) in [6.45, 7) is 5.30. The lowest BCUT2D eigenvalue weighted by atomic mass is 10.2. The van der Waals surface area contributed by atoms with Gasteiger partial charge in [0.1, 0.15) is 0 Å². The second-order valence-corrected chi connectivity index (χ2v) is 3.78. The number of carbonyl (C=O) groups excluding carboxylic acids is 1. The van der Waals surface area contributed by atoms with Crippen LogP contribution in [0.15, 0.2) is 0 Å². The maximum Gasteiger partial charge on any atom is 0.224 e. The third kappa shape index (κ3) is 3.27. The van der Waals surface area contributed by atoms with Gasteiger partial charge < -0.3 is 16.0 Å². The molecule has 1 rings (SSSR count). The number of likely N-dealkylation sites (N-methyl/N-ethyl adjacent to an activating group) is 1. The van der Waals surface area contributed by atoms with Gasteiger partial charge in [0.25, 0.3) is 0 Å². The van der Waals surface area contributed by atoms with Crippen molar-refractivity contribution in [1.29, 1.82) is 0 Å². The van der Waals surface area contributed by atoms with Gasteiger partial charge in [-0.25, -0.2) is 0 Å². The lowest BCUT2D eigenvalue weighted by Gasteiger charge is -2.20. The first kappa shape index (κ1) is 11.5. The number of nitrogens with zero attached hydrogens (tertiary/aromatic N) is 1. The van der Waals surface area contributed by atoms with E-state index in [1.165, 1.54) is 0 Å². The van der Waals surface area contributed by atoms with Crippen molar-refractivity contribution < 1.29 is 4.79 Å². The molecule has 0 saturated carbocycles. The van der Waals surface area contributed by atoms with E-state index in [0.717, 1.165) is 32.5 Å². The highest BCUT2D eigenvalue weighted by atomic mass is 16.2. The summed E-state index contributed by atoms with van der Waals surface area (Å²) in [6, 6.07) is 0.146. The SMILES string of the molecule is CCNC(CN)CC(=O)N1CCCC1. The van der Waals surface area contributed by atoms with Crippen molar-refractivity contribution >= 4 is 5.91 Å². The van der Waals surface area contributed by atoms with Gasteiger partial charge in [-0.3, -0.25) is 4.79 Å². The Kier molecular flexibility index (Phi) is 4.90. The molecular weight excluding hydrogens is 178 g/mol. The third-order valence-corrected chi connectivity index (χ3v) is 2.66. The molecule has 14 heavy (non-hydrogen) atoms. The Hall–Kier alpha value is -0.610. The number of hydrogen-bond donors (Lipinski definition) is 2. The van der Waals surface area contributed by atoms with Crippen molar-refractivity contribution in [2.75, 3.05) is 26.2 Å². The molecular formula is C10H21N3O. The topological polar surface area (TPSA) is 58.4 Å². The quantitative estimate of drug-likeness (QED) is 0.652. The largest absolute Gasteiger partial charge is 0.343 e. The Bertz CT molecular complexity index is 178. The van der Waals surface area contributed by atoms with Gasteiger partial charge in [-0.05, 0) is 19.4 Å². The van der Waals surface area contributed by atoms with Crippen molar-refractivity contribution in [3.8, 4) is 0 Å². The Morgan fingerprint density at radius 2 is 2.14 bits per heavy atom. The van der Waals surface area contributed by atoms with Crippen LogP contribution in [0.2, 0.25) is 0 Å². The molecule has 0 aromatic carbocycles. The maximum absolute atomic E-state index is 11.7. The normalized spacial score (nSPS) is 18.6. The van der Waals surface area contributed by atoms with Crippen molar-refractivity contribution in [3.05, 3.63) is 0 Å². The van der Waals surface area contributed by atoms with E-state index >= 15 is 0 Å². The molecule has 1 amide bonds. The van der Waals surface area contributed by atoms with Gasteiger partial charge in [-0.2, -0.15) is 0 Å². The Labute approximate surface area is 85.8 Å². The number of nitrogens with one attached hydrogen (secondary N) is 1. The predicted molar refractivity (Wildman–Crippen MR) is 57.0 cm³/mol. The van der Waals surface area contributed by atoms with E-state index in [0.29, 0.717) is 13.0 Å². The van der Waals surface area contributed by atoms with E-state index in [-0.39, 0.29) is 11.9 Å². The molecule has 4 nitrogen and oxygen atoms in total. The molecule has 4 heteroatoms. The first-order valence-electron chi connectivity index (χ1n) is 5.49. The molecule has 0 aromatic rings. The van der Waals surface area contributed by atoms with Crippen LogP contribution >= 0.6 is 0 Å². The summed E-state index contributed by atoms with van der Waals surface area (Å²) in [5, 5.41) is 3.21. The average Bonchev–Trinajstić information content (AvgIpc) is 2.69. The van der Waals surface area contributed by atoms with Gasteiger partial charge in [-0.15, -0.1) is 0 Å². The molecule has 0 aromatic heterocycles. The Morgan fingerprint density at radius 1 is 1.50 bits per heavy atom. The number of amides is 1. The van der Waals surface area contributed by atoms with Crippen LogP contribution in [-0.2, 0) is 4.79 Å². The first-order chi connectivity index (χ1) is 6.77. The highest BCUT2D eigenvalue weighted by Crippen LogP contribution is 2.09. The minimum Gasteiger partial charge on any atom is -0.343 e. The average molecular weight is 199 g/mol. The minimum absolute atomic E-state index is 0.146. The smallest absolute Gasteiger partial charge is 0.224 e. The Balaban J connectivity index is 2.29. The summed E-state index contributed by atoms with van der Waals surface area (Å²) in [4.78, 5) is 13.7. The number of carbonyl (C=O) groups is 1. The van der Waals surface area contributed by atoms with E-state index in [1.54, 1.807) is 0 Å². The molecule has 1 unspecified atom stereocenters. The summed E-state index contributed by atoms with van der Waals surface area (Å²) in [7, 11) is 0. The fraction of sp³-hybridized carbons (Fsp3) is 0.900. The van der Waals surface area contributed by atoms with Gasteiger partial charge in [0.05, 0.1) is 0 Å². The number of nitrogens with two attached hydrogens (primary N) is 1. The molecule has 0 bridgehead atoms. The molecule has 82 valence electrons. The fourth-order valence-electron chi connectivity index (χ4n) is 1.83. The van der Waals surface area contributed by atoms with Gasteiger partial charge in [0.15, 0.2) is 0 Å². The van der Waals surface area contributed by atoms with E-state index in [4.69, 9.17) is 5.73 Å². The highest BCUT2D eigenvalue weighted by Gasteiger charge is 2.20. The van der Waals surface area contributed by atoms with Crippen molar-refractivity contribution in [1.82, 2.24) is 10.2 Å². The van der Waals surface area contributed by atoms with Gasteiger partial charge in [-0.1, -0.05) is 6.92 Å². The van der Waals surface area contributed by atoms with E-state index in [2.05, 4.69) is 5.32 Å². The summed E-state index contributed by atoms with van der Waals surface area (Å²) in [6.07, 6.45) is 2.85. The first-order valence-corrected chi connectivity index (χ1v) is 5.49. The summed E-state index contributed by atoms with van der Waals surface area (Å²) in [5.41, 5.74) is 5.57. The minimum atomic E-state index is 0.146. The van der Waals surface area contributed by atoms with E-state index in [1.807, 2.05) is 11.8 Å². The van der Waals surface area contributed by atoms with Crippen LogP contribution in [0.25, 0.3) is 0 Å². The molecule has 0 aliphatic carbocycles. The lowest BCUT2D eigenvalue weighted by molar-refractivity contribution is -0.130.